The summed E-state index contributed by atoms with van der Waals surface area (Å²) in [5, 5.41) is 10.9. The second-order valence-electron chi connectivity index (χ2n) is 3.22. The van der Waals surface area contributed by atoms with Crippen LogP contribution < -0.4 is 0 Å². The average Bonchev–Trinajstić information content (AvgIpc) is 2.82. The van der Waals surface area contributed by atoms with Crippen LogP contribution in [0.5, 0.6) is 0 Å². The van der Waals surface area contributed by atoms with E-state index < -0.39 is 0 Å². The van der Waals surface area contributed by atoms with E-state index in [0.717, 1.165) is 17.1 Å². The average molecular weight is 219 g/mol. The summed E-state index contributed by atoms with van der Waals surface area (Å²) in [6, 6.07) is 1.82. The zero-order chi connectivity index (χ0) is 11.5. The van der Waals surface area contributed by atoms with Crippen molar-refractivity contribution in [3.05, 3.63) is 33.9 Å². The van der Waals surface area contributed by atoms with Crippen molar-refractivity contribution in [2.45, 2.75) is 20.4 Å². The van der Waals surface area contributed by atoms with Gasteiger partial charge < -0.3 is 8.83 Å². The fraction of sp³-hybridized carbons (Fsp3) is 0.333. The lowest BCUT2D eigenvalue weighted by atomic mass is 10.2. The van der Waals surface area contributed by atoms with Crippen molar-refractivity contribution < 1.29 is 8.83 Å². The third-order valence-corrected chi connectivity index (χ3v) is 2.01. The van der Waals surface area contributed by atoms with Gasteiger partial charge in [0.25, 0.3) is 5.89 Å². The highest BCUT2D eigenvalue weighted by Gasteiger charge is 2.13. The topological polar surface area (TPSA) is 101 Å². The lowest BCUT2D eigenvalue weighted by molar-refractivity contribution is 0.494. The summed E-state index contributed by atoms with van der Waals surface area (Å²) in [7, 11) is 0. The first-order valence-electron chi connectivity index (χ1n) is 4.61. The molecule has 0 aliphatic rings. The predicted molar refractivity (Wildman–Crippen MR) is 54.3 cm³/mol. The number of furan rings is 1. The highest BCUT2D eigenvalue weighted by atomic mass is 16.4. The molecule has 0 bridgehead atoms. The van der Waals surface area contributed by atoms with Crippen molar-refractivity contribution >= 4 is 0 Å². The highest BCUT2D eigenvalue weighted by Crippen LogP contribution is 2.25. The van der Waals surface area contributed by atoms with Crippen LogP contribution in [0.15, 0.2) is 20.0 Å². The summed E-state index contributed by atoms with van der Waals surface area (Å²) in [5.74, 6) is 2.15. The molecule has 0 fully saturated rings. The third kappa shape index (κ3) is 1.89. The third-order valence-electron chi connectivity index (χ3n) is 2.01. The SMILES string of the molecule is Cc1cc(-c2nnc(CN=[N+]=[N-])o2)c(C)o1. The van der Waals surface area contributed by atoms with Gasteiger partial charge in [0.1, 0.15) is 18.1 Å². The van der Waals surface area contributed by atoms with E-state index in [1.54, 1.807) is 0 Å². The summed E-state index contributed by atoms with van der Waals surface area (Å²) in [6.07, 6.45) is 0. The van der Waals surface area contributed by atoms with Gasteiger partial charge >= 0.3 is 0 Å². The molecule has 16 heavy (non-hydrogen) atoms. The maximum absolute atomic E-state index is 8.15. The first-order chi connectivity index (χ1) is 7.70. The Morgan fingerprint density at radius 3 is 2.81 bits per heavy atom. The summed E-state index contributed by atoms with van der Waals surface area (Å²) in [6.45, 7) is 3.72. The van der Waals surface area contributed by atoms with Gasteiger partial charge in [-0.1, -0.05) is 5.11 Å². The molecule has 0 atom stereocenters. The van der Waals surface area contributed by atoms with E-state index in [-0.39, 0.29) is 12.4 Å². The van der Waals surface area contributed by atoms with Crippen LogP contribution in [-0.2, 0) is 6.54 Å². The van der Waals surface area contributed by atoms with Gasteiger partial charge in [-0.15, -0.1) is 10.2 Å². The molecule has 0 amide bonds. The fourth-order valence-electron chi connectivity index (χ4n) is 1.36. The summed E-state index contributed by atoms with van der Waals surface area (Å²) >= 11 is 0. The number of nitrogens with zero attached hydrogens (tertiary/aromatic N) is 5. The summed E-state index contributed by atoms with van der Waals surface area (Å²) < 4.78 is 10.7. The number of hydrogen-bond donors (Lipinski definition) is 0. The smallest absolute Gasteiger partial charge is 0.251 e. The molecule has 7 heteroatoms. The van der Waals surface area contributed by atoms with E-state index in [2.05, 4.69) is 20.2 Å². The first-order valence-corrected chi connectivity index (χ1v) is 4.61. The van der Waals surface area contributed by atoms with Crippen molar-refractivity contribution in [2.75, 3.05) is 0 Å². The predicted octanol–water partition coefficient (Wildman–Crippen LogP) is 2.76. The van der Waals surface area contributed by atoms with Crippen LogP contribution in [0.1, 0.15) is 17.4 Å². The molecular formula is C9H9N5O2. The van der Waals surface area contributed by atoms with Gasteiger partial charge in [0.05, 0.1) is 5.56 Å². The van der Waals surface area contributed by atoms with E-state index >= 15 is 0 Å². The van der Waals surface area contributed by atoms with E-state index in [1.807, 2.05) is 19.9 Å². The molecule has 0 unspecified atom stereocenters. The van der Waals surface area contributed by atoms with Crippen LogP contribution in [0.2, 0.25) is 0 Å². The molecule has 0 aliphatic carbocycles. The molecule has 2 rings (SSSR count). The number of aromatic nitrogens is 2. The van der Waals surface area contributed by atoms with E-state index in [1.165, 1.54) is 0 Å². The lowest BCUT2D eigenvalue weighted by Crippen LogP contribution is -1.78. The van der Waals surface area contributed by atoms with Crippen molar-refractivity contribution in [1.29, 1.82) is 0 Å². The van der Waals surface area contributed by atoms with Crippen molar-refractivity contribution in [2.24, 2.45) is 5.11 Å². The van der Waals surface area contributed by atoms with Gasteiger partial charge in [-0.3, -0.25) is 0 Å². The van der Waals surface area contributed by atoms with Crippen LogP contribution in [0, 0.1) is 13.8 Å². The molecule has 82 valence electrons. The molecule has 0 aliphatic heterocycles. The standard InChI is InChI=1S/C9H9N5O2/c1-5-3-7(6(2)15-5)9-13-12-8(16-9)4-11-14-10/h3H,4H2,1-2H3. The van der Waals surface area contributed by atoms with Gasteiger partial charge in [0, 0.05) is 4.91 Å². The van der Waals surface area contributed by atoms with Crippen molar-refractivity contribution in [3.63, 3.8) is 0 Å². The number of rotatable bonds is 3. The Labute approximate surface area is 90.7 Å². The van der Waals surface area contributed by atoms with Gasteiger partial charge in [-0.2, -0.15) is 0 Å². The first kappa shape index (κ1) is 10.3. The van der Waals surface area contributed by atoms with Gasteiger partial charge in [-0.25, -0.2) is 0 Å². The molecule has 0 saturated heterocycles. The fourth-order valence-corrected chi connectivity index (χ4v) is 1.36. The Kier molecular flexibility index (Phi) is 2.61. The van der Waals surface area contributed by atoms with Crippen LogP contribution in [0.3, 0.4) is 0 Å². The Bertz CT molecular complexity index is 550. The van der Waals surface area contributed by atoms with E-state index in [0.29, 0.717) is 5.89 Å². The van der Waals surface area contributed by atoms with Crippen molar-refractivity contribution in [3.8, 4) is 11.5 Å². The molecular weight excluding hydrogens is 210 g/mol. The molecule has 0 aromatic carbocycles. The number of azide groups is 1. The second-order valence-corrected chi connectivity index (χ2v) is 3.22. The number of aryl methyl sites for hydroxylation is 2. The minimum atomic E-state index is 0.0549. The van der Waals surface area contributed by atoms with E-state index in [4.69, 9.17) is 14.4 Å². The summed E-state index contributed by atoms with van der Waals surface area (Å²) in [4.78, 5) is 2.61. The van der Waals surface area contributed by atoms with Gasteiger partial charge in [0.15, 0.2) is 0 Å². The zero-order valence-electron chi connectivity index (χ0n) is 8.84. The van der Waals surface area contributed by atoms with Crippen LogP contribution in [-0.4, -0.2) is 10.2 Å². The maximum Gasteiger partial charge on any atom is 0.251 e. The zero-order valence-corrected chi connectivity index (χ0v) is 8.84. The summed E-state index contributed by atoms with van der Waals surface area (Å²) in [5.41, 5.74) is 8.91. The Hall–Kier alpha value is -2.27. The normalized spacial score (nSPS) is 10.1. The van der Waals surface area contributed by atoms with Gasteiger partial charge in [0.2, 0.25) is 5.89 Å². The number of hydrogen-bond acceptors (Lipinski definition) is 5. The highest BCUT2D eigenvalue weighted by molar-refractivity contribution is 5.55. The molecule has 0 radical (unpaired) electrons. The largest absolute Gasteiger partial charge is 0.466 e. The van der Waals surface area contributed by atoms with E-state index in [9.17, 15) is 0 Å². The second kappa shape index (κ2) is 4.08. The van der Waals surface area contributed by atoms with Crippen LogP contribution >= 0.6 is 0 Å². The monoisotopic (exact) mass is 219 g/mol. The van der Waals surface area contributed by atoms with Crippen LogP contribution in [0.25, 0.3) is 21.9 Å². The molecule has 0 spiro atoms. The molecule has 2 aromatic rings. The Morgan fingerprint density at radius 2 is 2.19 bits per heavy atom. The minimum absolute atomic E-state index is 0.0549. The molecule has 2 heterocycles. The Balaban J connectivity index is 2.31. The molecule has 2 aromatic heterocycles. The molecule has 0 N–H and O–H groups in total. The quantitative estimate of drug-likeness (QED) is 0.449. The minimum Gasteiger partial charge on any atom is -0.466 e. The lowest BCUT2D eigenvalue weighted by Gasteiger charge is -1.88. The maximum atomic E-state index is 8.15. The molecule has 7 nitrogen and oxygen atoms in total. The van der Waals surface area contributed by atoms with Crippen LogP contribution in [0.4, 0.5) is 0 Å². The molecule has 0 saturated carbocycles. The Morgan fingerprint density at radius 1 is 1.38 bits per heavy atom. The van der Waals surface area contributed by atoms with Gasteiger partial charge in [-0.05, 0) is 25.4 Å². The van der Waals surface area contributed by atoms with Crippen molar-refractivity contribution in [1.82, 2.24) is 10.2 Å².